The molecule has 2 heterocycles. The lowest BCUT2D eigenvalue weighted by atomic mass is 10.00. The normalized spacial score (nSPS) is 13.3. The number of hydrogen-bond donors (Lipinski definition) is 1. The van der Waals surface area contributed by atoms with E-state index in [0.29, 0.717) is 12.1 Å². The summed E-state index contributed by atoms with van der Waals surface area (Å²) < 4.78 is 1.14. The Labute approximate surface area is 144 Å². The van der Waals surface area contributed by atoms with Gasteiger partial charge >= 0.3 is 0 Å². The molecule has 2 aromatic rings. The molecule has 1 amide bonds. The number of pyridine rings is 1. The first-order chi connectivity index (χ1) is 11.2. The third-order valence-electron chi connectivity index (χ3n) is 3.96. The predicted octanol–water partition coefficient (Wildman–Crippen LogP) is 3.32. The molecule has 0 radical (unpaired) electrons. The summed E-state index contributed by atoms with van der Waals surface area (Å²) in [6.07, 6.45) is 4.28. The lowest BCUT2D eigenvalue weighted by Crippen LogP contribution is -2.31. The van der Waals surface area contributed by atoms with E-state index in [1.807, 2.05) is 12.1 Å². The number of amides is 1. The topological polar surface area (TPSA) is 45.2 Å². The van der Waals surface area contributed by atoms with E-state index >= 15 is 0 Å². The first kappa shape index (κ1) is 15.7. The van der Waals surface area contributed by atoms with Crippen LogP contribution in [0.1, 0.15) is 21.5 Å². The van der Waals surface area contributed by atoms with Crippen LogP contribution in [0.15, 0.2) is 53.7 Å². The fourth-order valence-electron chi connectivity index (χ4n) is 2.71. The Kier molecular flexibility index (Phi) is 4.76. The zero-order valence-electron chi connectivity index (χ0n) is 12.8. The Morgan fingerprint density at radius 2 is 2.26 bits per heavy atom. The number of nitrogens with zero attached hydrogens (tertiary/aromatic N) is 2. The molecule has 1 aliphatic rings. The Bertz CT molecular complexity index is 728. The Hall–Kier alpha value is -2.14. The minimum Gasteiger partial charge on any atom is -0.352 e. The van der Waals surface area contributed by atoms with Crippen molar-refractivity contribution < 1.29 is 4.79 Å². The number of benzene rings is 1. The maximum atomic E-state index is 11.9. The molecular weight excluding hydrogens is 354 g/mol. The van der Waals surface area contributed by atoms with Gasteiger partial charge in [0.25, 0.3) is 5.91 Å². The monoisotopic (exact) mass is 371 g/mol. The smallest absolute Gasteiger partial charge is 0.253 e. The van der Waals surface area contributed by atoms with Crippen LogP contribution in [0.2, 0.25) is 0 Å². The lowest BCUT2D eigenvalue weighted by Gasteiger charge is -2.30. The molecular formula is C18H18BrN3O. The molecule has 0 atom stereocenters. The minimum absolute atomic E-state index is 0.129. The van der Waals surface area contributed by atoms with E-state index in [2.05, 4.69) is 55.9 Å². The van der Waals surface area contributed by atoms with E-state index in [1.165, 1.54) is 11.1 Å². The van der Waals surface area contributed by atoms with Crippen LogP contribution < -0.4 is 10.2 Å². The number of fused-ring (bicyclic) bond motifs is 1. The predicted molar refractivity (Wildman–Crippen MR) is 95.7 cm³/mol. The number of hydrogen-bond acceptors (Lipinski definition) is 3. The SMILES string of the molecule is C=CCNC(=O)c1ccc(N2CCc3cccc(Br)c3C2)nc1. The van der Waals surface area contributed by atoms with Crippen molar-refractivity contribution in [1.82, 2.24) is 10.3 Å². The van der Waals surface area contributed by atoms with Gasteiger partial charge in [0.1, 0.15) is 5.82 Å². The summed E-state index contributed by atoms with van der Waals surface area (Å²) in [5.41, 5.74) is 3.26. The fraction of sp³-hybridized carbons (Fsp3) is 0.222. The second-order valence-electron chi connectivity index (χ2n) is 5.45. The number of carbonyl (C=O) groups is 1. The van der Waals surface area contributed by atoms with Gasteiger partial charge in [-0.15, -0.1) is 6.58 Å². The van der Waals surface area contributed by atoms with Crippen molar-refractivity contribution in [1.29, 1.82) is 0 Å². The van der Waals surface area contributed by atoms with E-state index in [1.54, 1.807) is 12.3 Å². The summed E-state index contributed by atoms with van der Waals surface area (Å²) in [4.78, 5) is 18.6. The third kappa shape index (κ3) is 3.45. The maximum Gasteiger partial charge on any atom is 0.253 e. The largest absolute Gasteiger partial charge is 0.352 e. The van der Waals surface area contributed by atoms with Crippen LogP contribution >= 0.6 is 15.9 Å². The number of carbonyl (C=O) groups excluding carboxylic acids is 1. The zero-order chi connectivity index (χ0) is 16.2. The molecule has 0 bridgehead atoms. The van der Waals surface area contributed by atoms with Crippen molar-refractivity contribution in [3.05, 3.63) is 70.3 Å². The van der Waals surface area contributed by atoms with E-state index in [9.17, 15) is 4.79 Å². The molecule has 1 N–H and O–H groups in total. The van der Waals surface area contributed by atoms with Gasteiger partial charge in [-0.3, -0.25) is 4.79 Å². The molecule has 0 unspecified atom stereocenters. The first-order valence-corrected chi connectivity index (χ1v) is 8.34. The number of aromatic nitrogens is 1. The molecule has 118 valence electrons. The molecule has 5 heteroatoms. The van der Waals surface area contributed by atoms with Gasteiger partial charge in [-0.2, -0.15) is 0 Å². The molecule has 23 heavy (non-hydrogen) atoms. The van der Waals surface area contributed by atoms with Crippen molar-refractivity contribution in [2.24, 2.45) is 0 Å². The van der Waals surface area contributed by atoms with Crippen LogP contribution in [-0.4, -0.2) is 24.0 Å². The molecule has 0 spiro atoms. The van der Waals surface area contributed by atoms with E-state index in [0.717, 1.165) is 29.8 Å². The summed E-state index contributed by atoms with van der Waals surface area (Å²) in [6.45, 7) is 5.80. The van der Waals surface area contributed by atoms with E-state index in [-0.39, 0.29) is 5.91 Å². The summed E-state index contributed by atoms with van der Waals surface area (Å²) >= 11 is 3.63. The van der Waals surface area contributed by atoms with Gasteiger partial charge in [0.15, 0.2) is 0 Å². The average Bonchev–Trinajstić information content (AvgIpc) is 2.60. The van der Waals surface area contributed by atoms with Crippen molar-refractivity contribution in [2.75, 3.05) is 18.0 Å². The Balaban J connectivity index is 1.75. The van der Waals surface area contributed by atoms with Crippen LogP contribution in [-0.2, 0) is 13.0 Å². The van der Waals surface area contributed by atoms with Gasteiger partial charge in [-0.25, -0.2) is 4.98 Å². The average molecular weight is 372 g/mol. The lowest BCUT2D eigenvalue weighted by molar-refractivity contribution is 0.0957. The highest BCUT2D eigenvalue weighted by atomic mass is 79.9. The van der Waals surface area contributed by atoms with Gasteiger partial charge in [0.2, 0.25) is 0 Å². The Morgan fingerprint density at radius 1 is 1.39 bits per heavy atom. The third-order valence-corrected chi connectivity index (χ3v) is 4.70. The molecule has 0 aliphatic carbocycles. The summed E-state index contributed by atoms with van der Waals surface area (Å²) in [7, 11) is 0. The Morgan fingerprint density at radius 3 is 3.00 bits per heavy atom. The highest BCUT2D eigenvalue weighted by Gasteiger charge is 2.19. The summed E-state index contributed by atoms with van der Waals surface area (Å²) in [5.74, 6) is 0.766. The number of nitrogens with one attached hydrogen (secondary N) is 1. The molecule has 1 aliphatic heterocycles. The minimum atomic E-state index is -0.129. The summed E-state index contributed by atoms with van der Waals surface area (Å²) in [6, 6.07) is 10.1. The quantitative estimate of drug-likeness (QED) is 0.838. The van der Waals surface area contributed by atoms with Crippen molar-refractivity contribution in [2.45, 2.75) is 13.0 Å². The molecule has 0 saturated carbocycles. The molecule has 3 rings (SSSR count). The molecule has 0 fully saturated rings. The van der Waals surface area contributed by atoms with Crippen molar-refractivity contribution in [3.63, 3.8) is 0 Å². The van der Waals surface area contributed by atoms with Gasteiger partial charge in [0, 0.05) is 30.3 Å². The zero-order valence-corrected chi connectivity index (χ0v) is 14.3. The second-order valence-corrected chi connectivity index (χ2v) is 6.31. The van der Waals surface area contributed by atoms with Crippen molar-refractivity contribution >= 4 is 27.7 Å². The van der Waals surface area contributed by atoms with Crippen LogP contribution in [0.25, 0.3) is 0 Å². The van der Waals surface area contributed by atoms with E-state index < -0.39 is 0 Å². The van der Waals surface area contributed by atoms with Crippen LogP contribution in [0, 0.1) is 0 Å². The van der Waals surface area contributed by atoms with Gasteiger partial charge in [-0.05, 0) is 35.7 Å². The molecule has 1 aromatic carbocycles. The van der Waals surface area contributed by atoms with Crippen LogP contribution in [0.5, 0.6) is 0 Å². The van der Waals surface area contributed by atoms with Gasteiger partial charge in [-0.1, -0.05) is 34.1 Å². The number of rotatable bonds is 4. The fourth-order valence-corrected chi connectivity index (χ4v) is 3.24. The molecule has 4 nitrogen and oxygen atoms in total. The second kappa shape index (κ2) is 6.96. The van der Waals surface area contributed by atoms with Crippen molar-refractivity contribution in [3.8, 4) is 0 Å². The highest BCUT2D eigenvalue weighted by molar-refractivity contribution is 9.10. The first-order valence-electron chi connectivity index (χ1n) is 7.55. The van der Waals surface area contributed by atoms with Gasteiger partial charge in [0.05, 0.1) is 5.56 Å². The maximum absolute atomic E-state index is 11.9. The number of anilines is 1. The molecule has 1 aromatic heterocycles. The van der Waals surface area contributed by atoms with Crippen LogP contribution in [0.4, 0.5) is 5.82 Å². The van der Waals surface area contributed by atoms with E-state index in [4.69, 9.17) is 0 Å². The highest BCUT2D eigenvalue weighted by Crippen LogP contribution is 2.28. The summed E-state index contributed by atoms with van der Waals surface area (Å²) in [5, 5.41) is 2.75. The standard InChI is InChI=1S/C18H18BrN3O/c1-2-9-20-18(23)14-6-7-17(21-11-14)22-10-8-13-4-3-5-16(19)15(13)12-22/h2-7,11H,1,8-10,12H2,(H,20,23). The molecule has 0 saturated heterocycles. The number of halogens is 1. The van der Waals surface area contributed by atoms with Gasteiger partial charge < -0.3 is 10.2 Å². The van der Waals surface area contributed by atoms with Crippen LogP contribution in [0.3, 0.4) is 0 Å².